The lowest BCUT2D eigenvalue weighted by molar-refractivity contribution is 0.414. The van der Waals surface area contributed by atoms with Crippen LogP contribution in [0.3, 0.4) is 0 Å². The molecule has 1 aliphatic rings. The number of para-hydroxylation sites is 2. The highest BCUT2D eigenvalue weighted by molar-refractivity contribution is 14.0. The number of nitrogens with zero attached hydrogens (tertiary/aromatic N) is 4. The Morgan fingerprint density at radius 3 is 2.61 bits per heavy atom. The van der Waals surface area contributed by atoms with Crippen LogP contribution in [-0.2, 0) is 6.54 Å². The third kappa shape index (κ3) is 6.10. The molecule has 176 valence electrons. The first-order chi connectivity index (χ1) is 15.7. The number of anilines is 1. The number of benzene rings is 2. The molecule has 0 spiro atoms. The highest BCUT2D eigenvalue weighted by Crippen LogP contribution is 2.30. The second kappa shape index (κ2) is 11.8. The van der Waals surface area contributed by atoms with E-state index in [1.165, 1.54) is 0 Å². The standard InChI is InChI=1S/C24H30N6O2.HI/c1-25-24(27-19-12-14-29(17-19)22-6-4-5-7-23(22)32-3)26-16-18-13-15-30(28-18)20-8-10-21(31-2)11-9-20;/h4-11,13,15,19H,12,14,16-17H2,1-3H3,(H2,25,26,27);1H. The summed E-state index contributed by atoms with van der Waals surface area (Å²) in [6.07, 6.45) is 2.99. The molecule has 33 heavy (non-hydrogen) atoms. The molecule has 8 nitrogen and oxygen atoms in total. The normalized spacial score (nSPS) is 15.7. The number of methoxy groups -OCH3 is 2. The second-order valence-electron chi connectivity index (χ2n) is 7.62. The third-order valence-corrected chi connectivity index (χ3v) is 5.60. The van der Waals surface area contributed by atoms with E-state index in [9.17, 15) is 0 Å². The van der Waals surface area contributed by atoms with Crippen LogP contribution in [0.4, 0.5) is 5.69 Å². The van der Waals surface area contributed by atoms with E-state index in [-0.39, 0.29) is 24.0 Å². The molecule has 1 fully saturated rings. The molecule has 0 radical (unpaired) electrons. The van der Waals surface area contributed by atoms with Crippen molar-refractivity contribution >= 4 is 35.6 Å². The van der Waals surface area contributed by atoms with E-state index in [4.69, 9.17) is 9.47 Å². The van der Waals surface area contributed by atoms with E-state index in [2.05, 4.69) is 31.7 Å². The van der Waals surface area contributed by atoms with Crippen molar-refractivity contribution in [3.8, 4) is 17.2 Å². The molecule has 1 atom stereocenters. The van der Waals surface area contributed by atoms with Gasteiger partial charge in [0.15, 0.2) is 5.96 Å². The first kappa shape index (κ1) is 24.7. The molecule has 1 aliphatic heterocycles. The highest BCUT2D eigenvalue weighted by atomic mass is 127. The Balaban J connectivity index is 0.00000306. The highest BCUT2D eigenvalue weighted by Gasteiger charge is 2.25. The van der Waals surface area contributed by atoms with Crippen LogP contribution in [0.2, 0.25) is 0 Å². The van der Waals surface area contributed by atoms with Gasteiger partial charge in [0, 0.05) is 32.4 Å². The van der Waals surface area contributed by atoms with E-state index in [0.717, 1.165) is 54.0 Å². The number of aliphatic imine (C=N–C) groups is 1. The van der Waals surface area contributed by atoms with Crippen molar-refractivity contribution in [1.29, 1.82) is 0 Å². The fourth-order valence-corrected chi connectivity index (χ4v) is 3.88. The molecular weight excluding hydrogens is 531 g/mol. The molecule has 3 aromatic rings. The minimum absolute atomic E-state index is 0. The van der Waals surface area contributed by atoms with Crippen LogP contribution in [0.25, 0.3) is 5.69 Å². The molecule has 4 rings (SSSR count). The fraction of sp³-hybridized carbons (Fsp3) is 0.333. The molecule has 1 unspecified atom stereocenters. The summed E-state index contributed by atoms with van der Waals surface area (Å²) in [5.74, 6) is 2.51. The van der Waals surface area contributed by atoms with Gasteiger partial charge in [0.25, 0.3) is 0 Å². The Kier molecular flexibility index (Phi) is 8.81. The zero-order valence-corrected chi connectivity index (χ0v) is 21.5. The van der Waals surface area contributed by atoms with E-state index < -0.39 is 0 Å². The predicted molar refractivity (Wildman–Crippen MR) is 142 cm³/mol. The lowest BCUT2D eigenvalue weighted by Gasteiger charge is -2.22. The Labute approximate surface area is 212 Å². The maximum atomic E-state index is 5.51. The molecule has 0 aliphatic carbocycles. The van der Waals surface area contributed by atoms with Crippen LogP contribution in [0.5, 0.6) is 11.5 Å². The minimum Gasteiger partial charge on any atom is -0.497 e. The van der Waals surface area contributed by atoms with Gasteiger partial charge in [-0.2, -0.15) is 5.10 Å². The molecule has 0 amide bonds. The van der Waals surface area contributed by atoms with Crippen molar-refractivity contribution in [2.24, 2.45) is 4.99 Å². The maximum absolute atomic E-state index is 5.51. The lowest BCUT2D eigenvalue weighted by Crippen LogP contribution is -2.44. The van der Waals surface area contributed by atoms with Gasteiger partial charge in [-0.25, -0.2) is 4.68 Å². The zero-order valence-electron chi connectivity index (χ0n) is 19.2. The molecule has 2 heterocycles. The van der Waals surface area contributed by atoms with Gasteiger partial charge in [-0.1, -0.05) is 12.1 Å². The number of nitrogens with one attached hydrogen (secondary N) is 2. The summed E-state index contributed by atoms with van der Waals surface area (Å²) >= 11 is 0. The number of aromatic nitrogens is 2. The second-order valence-corrected chi connectivity index (χ2v) is 7.62. The summed E-state index contributed by atoms with van der Waals surface area (Å²) in [5, 5.41) is 11.6. The van der Waals surface area contributed by atoms with Crippen molar-refractivity contribution in [1.82, 2.24) is 20.4 Å². The summed E-state index contributed by atoms with van der Waals surface area (Å²) in [5.41, 5.74) is 3.05. The van der Waals surface area contributed by atoms with Crippen molar-refractivity contribution in [3.05, 3.63) is 66.5 Å². The number of halogens is 1. The lowest BCUT2D eigenvalue weighted by atomic mass is 10.2. The van der Waals surface area contributed by atoms with Gasteiger partial charge in [-0.15, -0.1) is 24.0 Å². The molecule has 0 bridgehead atoms. The first-order valence-corrected chi connectivity index (χ1v) is 10.7. The Bertz CT molecular complexity index is 1050. The molecule has 1 saturated heterocycles. The van der Waals surface area contributed by atoms with Crippen LogP contribution in [0, 0.1) is 0 Å². The monoisotopic (exact) mass is 562 g/mol. The topological polar surface area (TPSA) is 75.9 Å². The van der Waals surface area contributed by atoms with Gasteiger partial charge in [-0.3, -0.25) is 4.99 Å². The minimum atomic E-state index is 0. The SMILES string of the molecule is CN=C(NCc1ccn(-c2ccc(OC)cc2)n1)NC1CCN(c2ccccc2OC)C1.I. The van der Waals surface area contributed by atoms with Crippen molar-refractivity contribution < 1.29 is 9.47 Å². The van der Waals surface area contributed by atoms with Crippen LogP contribution in [-0.4, -0.2) is 56.1 Å². The summed E-state index contributed by atoms with van der Waals surface area (Å²) < 4.78 is 12.6. The Morgan fingerprint density at radius 2 is 1.88 bits per heavy atom. The van der Waals surface area contributed by atoms with Gasteiger partial charge in [0.1, 0.15) is 11.5 Å². The van der Waals surface area contributed by atoms with Gasteiger partial charge in [0.05, 0.1) is 37.8 Å². The van der Waals surface area contributed by atoms with Crippen LogP contribution < -0.4 is 25.0 Å². The van der Waals surface area contributed by atoms with Gasteiger partial charge in [-0.05, 0) is 48.9 Å². The largest absolute Gasteiger partial charge is 0.497 e. The Morgan fingerprint density at radius 1 is 1.09 bits per heavy atom. The van der Waals surface area contributed by atoms with Crippen molar-refractivity contribution in [3.63, 3.8) is 0 Å². The third-order valence-electron chi connectivity index (χ3n) is 5.60. The van der Waals surface area contributed by atoms with E-state index in [1.54, 1.807) is 21.3 Å². The predicted octanol–water partition coefficient (Wildman–Crippen LogP) is 3.45. The average molecular weight is 562 g/mol. The summed E-state index contributed by atoms with van der Waals surface area (Å²) in [6, 6.07) is 18.3. The zero-order chi connectivity index (χ0) is 22.3. The van der Waals surface area contributed by atoms with Crippen LogP contribution in [0.15, 0.2) is 65.8 Å². The maximum Gasteiger partial charge on any atom is 0.191 e. The first-order valence-electron chi connectivity index (χ1n) is 10.7. The van der Waals surface area contributed by atoms with E-state index in [0.29, 0.717) is 12.6 Å². The summed E-state index contributed by atoms with van der Waals surface area (Å²) in [7, 11) is 5.17. The molecule has 2 N–H and O–H groups in total. The van der Waals surface area contributed by atoms with E-state index >= 15 is 0 Å². The molecule has 9 heteroatoms. The van der Waals surface area contributed by atoms with Gasteiger partial charge >= 0.3 is 0 Å². The number of hydrogen-bond acceptors (Lipinski definition) is 5. The molecule has 0 saturated carbocycles. The Hall–Kier alpha value is -2.95. The molecule has 1 aromatic heterocycles. The number of rotatable bonds is 7. The quantitative estimate of drug-likeness (QED) is 0.261. The fourth-order valence-electron chi connectivity index (χ4n) is 3.88. The van der Waals surface area contributed by atoms with Gasteiger partial charge < -0.3 is 25.0 Å². The summed E-state index contributed by atoms with van der Waals surface area (Å²) in [6.45, 7) is 2.46. The van der Waals surface area contributed by atoms with Crippen LogP contribution >= 0.6 is 24.0 Å². The van der Waals surface area contributed by atoms with Gasteiger partial charge in [0.2, 0.25) is 0 Å². The number of ether oxygens (including phenoxy) is 2. The summed E-state index contributed by atoms with van der Waals surface area (Å²) in [4.78, 5) is 6.73. The smallest absolute Gasteiger partial charge is 0.191 e. The number of hydrogen-bond donors (Lipinski definition) is 2. The average Bonchev–Trinajstić information content (AvgIpc) is 3.51. The molecule has 2 aromatic carbocycles. The van der Waals surface area contributed by atoms with Crippen molar-refractivity contribution in [2.75, 3.05) is 39.3 Å². The molecular formula is C24H31IN6O2. The van der Waals surface area contributed by atoms with Crippen LogP contribution in [0.1, 0.15) is 12.1 Å². The van der Waals surface area contributed by atoms with Crippen molar-refractivity contribution in [2.45, 2.75) is 19.0 Å². The van der Waals surface area contributed by atoms with E-state index in [1.807, 2.05) is 59.4 Å². The number of guanidine groups is 1.